The van der Waals surface area contributed by atoms with Gasteiger partial charge < -0.3 is 15.0 Å². The molecule has 1 saturated heterocycles. The van der Waals surface area contributed by atoms with Crippen LogP contribution < -0.4 is 5.32 Å². The Morgan fingerprint density at radius 2 is 2.24 bits per heavy atom. The fourth-order valence-corrected chi connectivity index (χ4v) is 2.31. The number of hydrogen-bond donors (Lipinski definition) is 1. The predicted octanol–water partition coefficient (Wildman–Crippen LogP) is 1.59. The molecule has 0 aromatic carbocycles. The van der Waals surface area contributed by atoms with Crippen LogP contribution in [0.5, 0.6) is 0 Å². The number of halogens is 2. The van der Waals surface area contributed by atoms with Crippen molar-refractivity contribution in [1.29, 1.82) is 0 Å². The normalized spacial score (nSPS) is 24.2. The summed E-state index contributed by atoms with van der Waals surface area (Å²) in [5, 5.41) is 3.35. The Labute approximate surface area is 103 Å². The van der Waals surface area contributed by atoms with Crippen LogP contribution in [0.25, 0.3) is 0 Å². The van der Waals surface area contributed by atoms with E-state index in [2.05, 4.69) is 24.2 Å². The van der Waals surface area contributed by atoms with Crippen molar-refractivity contribution >= 4 is 0 Å². The standard InChI is InChI=1S/C12H24F2N2O/c1-10(11-4-3-6-16(2)8-11)15-5-7-17-9-12(13)14/h10-12,15H,3-9H2,1-2H3. The van der Waals surface area contributed by atoms with Gasteiger partial charge in [0.25, 0.3) is 6.43 Å². The Kier molecular flexibility index (Phi) is 6.92. The van der Waals surface area contributed by atoms with Crippen molar-refractivity contribution in [2.45, 2.75) is 32.2 Å². The third kappa shape index (κ3) is 6.29. The lowest BCUT2D eigenvalue weighted by molar-refractivity contribution is 0.0176. The summed E-state index contributed by atoms with van der Waals surface area (Å²) in [5.74, 6) is 0.656. The quantitative estimate of drug-likeness (QED) is 0.694. The van der Waals surface area contributed by atoms with Crippen LogP contribution in [0.15, 0.2) is 0 Å². The molecule has 1 N–H and O–H groups in total. The van der Waals surface area contributed by atoms with Crippen molar-refractivity contribution in [3.05, 3.63) is 0 Å². The maximum Gasteiger partial charge on any atom is 0.261 e. The van der Waals surface area contributed by atoms with E-state index in [0.29, 0.717) is 25.1 Å². The number of hydrogen-bond acceptors (Lipinski definition) is 3. The second-order valence-electron chi connectivity index (χ2n) is 4.87. The molecule has 2 atom stereocenters. The van der Waals surface area contributed by atoms with Gasteiger partial charge in [0.15, 0.2) is 0 Å². The number of alkyl halides is 2. The summed E-state index contributed by atoms with van der Waals surface area (Å²) in [5.41, 5.74) is 0. The van der Waals surface area contributed by atoms with Gasteiger partial charge in [-0.1, -0.05) is 0 Å². The number of likely N-dealkylation sites (tertiary alicyclic amines) is 1. The van der Waals surface area contributed by atoms with Gasteiger partial charge in [-0.2, -0.15) is 0 Å². The van der Waals surface area contributed by atoms with E-state index < -0.39 is 13.0 Å². The van der Waals surface area contributed by atoms with Crippen LogP contribution >= 0.6 is 0 Å². The molecular formula is C12H24F2N2O. The Hall–Kier alpha value is -0.260. The van der Waals surface area contributed by atoms with Gasteiger partial charge in [-0.3, -0.25) is 0 Å². The first-order valence-corrected chi connectivity index (χ1v) is 6.37. The third-order valence-electron chi connectivity index (χ3n) is 3.32. The zero-order valence-electron chi connectivity index (χ0n) is 10.8. The van der Waals surface area contributed by atoms with Crippen LogP contribution in [-0.4, -0.2) is 57.3 Å². The maximum absolute atomic E-state index is 11.8. The van der Waals surface area contributed by atoms with Crippen molar-refractivity contribution in [1.82, 2.24) is 10.2 Å². The van der Waals surface area contributed by atoms with Crippen molar-refractivity contribution in [3.63, 3.8) is 0 Å². The molecule has 1 aliphatic rings. The van der Waals surface area contributed by atoms with E-state index in [1.54, 1.807) is 0 Å². The molecule has 3 nitrogen and oxygen atoms in total. The third-order valence-corrected chi connectivity index (χ3v) is 3.32. The molecule has 0 aromatic heterocycles. The second-order valence-corrected chi connectivity index (χ2v) is 4.87. The molecule has 0 amide bonds. The summed E-state index contributed by atoms with van der Waals surface area (Å²) < 4.78 is 28.4. The molecule has 102 valence electrons. The van der Waals surface area contributed by atoms with Gasteiger partial charge in [-0.25, -0.2) is 8.78 Å². The first-order valence-electron chi connectivity index (χ1n) is 6.37. The van der Waals surface area contributed by atoms with Gasteiger partial charge in [-0.05, 0) is 39.3 Å². The second kappa shape index (κ2) is 7.95. The highest BCUT2D eigenvalue weighted by Gasteiger charge is 2.22. The number of ether oxygens (including phenoxy) is 1. The average Bonchev–Trinajstić information content (AvgIpc) is 2.28. The smallest absolute Gasteiger partial charge is 0.261 e. The largest absolute Gasteiger partial charge is 0.374 e. The summed E-state index contributed by atoms with van der Waals surface area (Å²) in [7, 11) is 2.14. The number of nitrogens with zero attached hydrogens (tertiary/aromatic N) is 1. The van der Waals surface area contributed by atoms with E-state index in [1.807, 2.05) is 0 Å². The fourth-order valence-electron chi connectivity index (χ4n) is 2.31. The van der Waals surface area contributed by atoms with Crippen LogP contribution in [0.1, 0.15) is 19.8 Å². The lowest BCUT2D eigenvalue weighted by Crippen LogP contribution is -2.43. The first-order chi connectivity index (χ1) is 8.09. The molecule has 0 bridgehead atoms. The summed E-state index contributed by atoms with van der Waals surface area (Å²) in [6.45, 7) is 5.01. The molecule has 0 aromatic rings. The number of nitrogens with one attached hydrogen (secondary N) is 1. The molecule has 0 radical (unpaired) electrons. The molecule has 0 spiro atoms. The van der Waals surface area contributed by atoms with Crippen LogP contribution in [-0.2, 0) is 4.74 Å². The fraction of sp³-hybridized carbons (Fsp3) is 1.00. The molecule has 17 heavy (non-hydrogen) atoms. The summed E-state index contributed by atoms with van der Waals surface area (Å²) >= 11 is 0. The van der Waals surface area contributed by atoms with Crippen molar-refractivity contribution in [2.24, 2.45) is 5.92 Å². The van der Waals surface area contributed by atoms with E-state index >= 15 is 0 Å². The lowest BCUT2D eigenvalue weighted by atomic mass is 9.92. The minimum absolute atomic E-state index is 0.358. The van der Waals surface area contributed by atoms with E-state index in [4.69, 9.17) is 4.74 Å². The summed E-state index contributed by atoms with van der Waals surface area (Å²) in [6, 6.07) is 0.424. The van der Waals surface area contributed by atoms with Gasteiger partial charge >= 0.3 is 0 Å². The first kappa shape index (κ1) is 14.8. The summed E-state index contributed by atoms with van der Waals surface area (Å²) in [4.78, 5) is 2.35. The van der Waals surface area contributed by atoms with Gasteiger partial charge in [0, 0.05) is 19.1 Å². The van der Waals surface area contributed by atoms with Crippen LogP contribution in [0.2, 0.25) is 0 Å². The van der Waals surface area contributed by atoms with Crippen molar-refractivity contribution in [2.75, 3.05) is 39.9 Å². The molecule has 5 heteroatoms. The van der Waals surface area contributed by atoms with Crippen LogP contribution in [0.4, 0.5) is 8.78 Å². The minimum Gasteiger partial charge on any atom is -0.374 e. The van der Waals surface area contributed by atoms with Gasteiger partial charge in [0.05, 0.1) is 6.61 Å². The lowest BCUT2D eigenvalue weighted by Gasteiger charge is -2.34. The van der Waals surface area contributed by atoms with E-state index in [1.165, 1.54) is 19.4 Å². The van der Waals surface area contributed by atoms with E-state index in [-0.39, 0.29) is 0 Å². The van der Waals surface area contributed by atoms with E-state index in [0.717, 1.165) is 6.54 Å². The van der Waals surface area contributed by atoms with Crippen LogP contribution in [0.3, 0.4) is 0 Å². The molecule has 1 fully saturated rings. The topological polar surface area (TPSA) is 24.5 Å². The molecule has 1 aliphatic heterocycles. The number of piperidine rings is 1. The molecule has 0 saturated carbocycles. The average molecular weight is 250 g/mol. The predicted molar refractivity (Wildman–Crippen MR) is 64.5 cm³/mol. The number of rotatable bonds is 7. The Balaban J connectivity index is 2.05. The maximum atomic E-state index is 11.8. The van der Waals surface area contributed by atoms with Crippen LogP contribution in [0, 0.1) is 5.92 Å². The van der Waals surface area contributed by atoms with Gasteiger partial charge in [0.1, 0.15) is 6.61 Å². The Bertz CT molecular complexity index is 205. The molecule has 1 rings (SSSR count). The van der Waals surface area contributed by atoms with Crippen molar-refractivity contribution < 1.29 is 13.5 Å². The summed E-state index contributed by atoms with van der Waals surface area (Å²) in [6.07, 6.45) is 0.130. The molecule has 2 unspecified atom stereocenters. The van der Waals surface area contributed by atoms with Gasteiger partial charge in [0.2, 0.25) is 0 Å². The van der Waals surface area contributed by atoms with Crippen molar-refractivity contribution in [3.8, 4) is 0 Å². The molecule has 0 aliphatic carbocycles. The zero-order valence-corrected chi connectivity index (χ0v) is 10.8. The highest BCUT2D eigenvalue weighted by Crippen LogP contribution is 2.18. The highest BCUT2D eigenvalue weighted by molar-refractivity contribution is 4.78. The zero-order chi connectivity index (χ0) is 12.7. The Morgan fingerprint density at radius 3 is 2.88 bits per heavy atom. The SMILES string of the molecule is CC(NCCOCC(F)F)C1CCCN(C)C1. The molecule has 1 heterocycles. The minimum atomic E-state index is -2.36. The Morgan fingerprint density at radius 1 is 1.47 bits per heavy atom. The molecular weight excluding hydrogens is 226 g/mol. The van der Waals surface area contributed by atoms with Gasteiger partial charge in [-0.15, -0.1) is 0 Å². The monoisotopic (exact) mass is 250 g/mol. The highest BCUT2D eigenvalue weighted by atomic mass is 19.3. The van der Waals surface area contributed by atoms with E-state index in [9.17, 15) is 8.78 Å².